The number of carbonyl (C=O) groups excluding carboxylic acids is 2. The molecule has 1 spiro atoms. The van der Waals surface area contributed by atoms with Crippen molar-refractivity contribution < 1.29 is 33.6 Å². The summed E-state index contributed by atoms with van der Waals surface area (Å²) in [5.41, 5.74) is 0.150. The van der Waals surface area contributed by atoms with Crippen molar-refractivity contribution in [2.75, 3.05) is 6.73 Å². The van der Waals surface area contributed by atoms with Crippen molar-refractivity contribution in [3.05, 3.63) is 35.4 Å². The molecule has 2 amide bonds. The minimum Gasteiger partial charge on any atom is -0.331 e. The molecule has 1 aromatic rings. The van der Waals surface area contributed by atoms with Crippen molar-refractivity contribution >= 4 is 11.8 Å². The molecule has 0 aromatic heterocycles. The Balaban J connectivity index is 1.25. The minimum atomic E-state index is -0.856. The van der Waals surface area contributed by atoms with Crippen LogP contribution in [0.25, 0.3) is 0 Å². The highest BCUT2D eigenvalue weighted by Crippen LogP contribution is 2.60. The predicted octanol–water partition coefficient (Wildman–Crippen LogP) is 3.46. The van der Waals surface area contributed by atoms with Crippen molar-refractivity contribution in [3.8, 4) is 0 Å². The minimum absolute atomic E-state index is 0.0221. The fourth-order valence-corrected chi connectivity index (χ4v) is 6.57. The molecule has 0 radical (unpaired) electrons. The lowest BCUT2D eigenvalue weighted by atomic mass is 9.58. The van der Waals surface area contributed by atoms with E-state index in [4.69, 9.17) is 24.0 Å². The molecule has 5 aliphatic heterocycles. The number of fused-ring (bicyclic) bond motifs is 3. The van der Waals surface area contributed by atoms with Gasteiger partial charge < -0.3 is 14.2 Å². The largest absolute Gasteiger partial charge is 0.331 e. The van der Waals surface area contributed by atoms with Gasteiger partial charge in [-0.2, -0.15) is 0 Å². The quantitative estimate of drug-likeness (QED) is 0.523. The number of imide groups is 1. The van der Waals surface area contributed by atoms with Crippen LogP contribution in [-0.4, -0.2) is 47.4 Å². The molecule has 8 atom stereocenters. The molecule has 4 saturated heterocycles. The number of carbonyl (C=O) groups is 2. The van der Waals surface area contributed by atoms with Gasteiger partial charge in [-0.15, -0.1) is 0 Å². The molecule has 2 bridgehead atoms. The highest BCUT2D eigenvalue weighted by Gasteiger charge is 2.69. The van der Waals surface area contributed by atoms with Gasteiger partial charge in [-0.1, -0.05) is 26.0 Å². The van der Waals surface area contributed by atoms with Gasteiger partial charge in [0.05, 0.1) is 11.1 Å². The first-order chi connectivity index (χ1) is 15.3. The Morgan fingerprint density at radius 2 is 1.75 bits per heavy atom. The highest BCUT2D eigenvalue weighted by molar-refractivity contribution is 6.21. The number of rotatable bonds is 3. The summed E-state index contributed by atoms with van der Waals surface area (Å²) >= 11 is 0. The Hall–Kier alpha value is -1.84. The molecule has 1 saturated carbocycles. The first-order valence-electron chi connectivity index (χ1n) is 11.6. The van der Waals surface area contributed by atoms with Crippen LogP contribution in [0.3, 0.4) is 0 Å². The molecule has 0 unspecified atom stereocenters. The molecule has 8 heteroatoms. The second-order valence-electron chi connectivity index (χ2n) is 10.2. The van der Waals surface area contributed by atoms with Gasteiger partial charge in [0.1, 0.15) is 6.73 Å². The Kier molecular flexibility index (Phi) is 4.59. The molecule has 172 valence electrons. The second-order valence-corrected chi connectivity index (χ2v) is 10.2. The lowest BCUT2D eigenvalue weighted by molar-refractivity contribution is -0.577. The van der Waals surface area contributed by atoms with Crippen LogP contribution in [0.1, 0.15) is 67.2 Å². The number of benzene rings is 1. The molecule has 1 aliphatic carbocycles. The molecular weight excluding hydrogens is 414 g/mol. The van der Waals surface area contributed by atoms with Crippen LogP contribution < -0.4 is 0 Å². The summed E-state index contributed by atoms with van der Waals surface area (Å²) in [6, 6.07) is 6.83. The summed E-state index contributed by atoms with van der Waals surface area (Å²) in [6.45, 7) is 6.07. The average Bonchev–Trinajstić information content (AvgIpc) is 2.90. The van der Waals surface area contributed by atoms with Gasteiger partial charge in [0.15, 0.2) is 18.2 Å². The third-order valence-corrected chi connectivity index (χ3v) is 8.34. The van der Waals surface area contributed by atoms with Crippen LogP contribution in [0, 0.1) is 23.7 Å². The SMILES string of the molecule is C[C@H]1[C@@H](OCN2C(=O)c3ccccc3C2=O)O[C@@H]2O[C@@]3(C)CC[C@H]4[C@H](C)CC[C@@H]1[C@@]24OO3. The molecule has 7 rings (SSSR count). The maximum atomic E-state index is 12.7. The molecule has 5 heterocycles. The fraction of sp³-hybridized carbons (Fsp3) is 0.667. The molecule has 32 heavy (non-hydrogen) atoms. The first kappa shape index (κ1) is 20.7. The van der Waals surface area contributed by atoms with E-state index in [9.17, 15) is 9.59 Å². The van der Waals surface area contributed by atoms with E-state index in [-0.39, 0.29) is 36.3 Å². The second kappa shape index (κ2) is 7.08. The van der Waals surface area contributed by atoms with E-state index in [0.717, 1.165) is 30.6 Å². The summed E-state index contributed by atoms with van der Waals surface area (Å²) < 4.78 is 18.8. The van der Waals surface area contributed by atoms with Gasteiger partial charge in [-0.25, -0.2) is 14.7 Å². The molecular formula is C24H29NO7. The fourth-order valence-electron chi connectivity index (χ4n) is 6.57. The van der Waals surface area contributed by atoms with Crippen molar-refractivity contribution in [3.63, 3.8) is 0 Å². The maximum Gasteiger partial charge on any atom is 0.263 e. The number of ether oxygens (including phenoxy) is 3. The lowest BCUT2D eigenvalue weighted by Crippen LogP contribution is -2.70. The van der Waals surface area contributed by atoms with Crippen molar-refractivity contribution in [2.24, 2.45) is 23.7 Å². The van der Waals surface area contributed by atoms with Gasteiger partial charge >= 0.3 is 0 Å². The van der Waals surface area contributed by atoms with Crippen LogP contribution in [0.4, 0.5) is 0 Å². The third-order valence-electron chi connectivity index (χ3n) is 8.34. The molecule has 0 N–H and O–H groups in total. The van der Waals surface area contributed by atoms with E-state index < -0.39 is 24.0 Å². The first-order valence-corrected chi connectivity index (χ1v) is 11.6. The summed E-state index contributed by atoms with van der Waals surface area (Å²) in [5.74, 6) is -0.686. The van der Waals surface area contributed by atoms with E-state index in [0.29, 0.717) is 17.0 Å². The zero-order chi connectivity index (χ0) is 22.3. The van der Waals surface area contributed by atoms with Crippen LogP contribution in [0.5, 0.6) is 0 Å². The monoisotopic (exact) mass is 443 g/mol. The lowest BCUT2D eigenvalue weighted by Gasteiger charge is -2.60. The van der Waals surface area contributed by atoms with Gasteiger partial charge in [0.25, 0.3) is 11.8 Å². The molecule has 1 aromatic carbocycles. The third kappa shape index (κ3) is 2.73. The zero-order valence-electron chi connectivity index (χ0n) is 18.6. The average molecular weight is 443 g/mol. The van der Waals surface area contributed by atoms with E-state index in [1.165, 1.54) is 0 Å². The van der Waals surface area contributed by atoms with Gasteiger partial charge in [0, 0.05) is 18.3 Å². The Morgan fingerprint density at radius 1 is 1.03 bits per heavy atom. The number of amides is 2. The Morgan fingerprint density at radius 3 is 2.47 bits per heavy atom. The number of hydrogen-bond donors (Lipinski definition) is 0. The molecule has 5 fully saturated rings. The zero-order valence-corrected chi connectivity index (χ0v) is 18.6. The van der Waals surface area contributed by atoms with Crippen molar-refractivity contribution in [1.29, 1.82) is 0 Å². The Labute approximate surface area is 187 Å². The summed E-state index contributed by atoms with van der Waals surface area (Å²) in [4.78, 5) is 38.5. The topological polar surface area (TPSA) is 83.5 Å². The van der Waals surface area contributed by atoms with Crippen LogP contribution in [-0.2, 0) is 24.0 Å². The van der Waals surface area contributed by atoms with E-state index >= 15 is 0 Å². The van der Waals surface area contributed by atoms with Crippen molar-refractivity contribution in [2.45, 2.75) is 70.4 Å². The number of nitrogens with zero attached hydrogens (tertiary/aromatic N) is 1. The smallest absolute Gasteiger partial charge is 0.263 e. The highest BCUT2D eigenvalue weighted by atomic mass is 17.3. The van der Waals surface area contributed by atoms with E-state index in [1.54, 1.807) is 24.3 Å². The van der Waals surface area contributed by atoms with Crippen molar-refractivity contribution in [1.82, 2.24) is 4.90 Å². The van der Waals surface area contributed by atoms with Crippen LogP contribution in [0.15, 0.2) is 24.3 Å². The molecule has 6 aliphatic rings. The van der Waals surface area contributed by atoms with Gasteiger partial charge in [0.2, 0.25) is 5.79 Å². The number of hydrogen-bond acceptors (Lipinski definition) is 7. The van der Waals surface area contributed by atoms with Gasteiger partial charge in [-0.05, 0) is 50.2 Å². The summed E-state index contributed by atoms with van der Waals surface area (Å²) in [7, 11) is 0. The standard InChI is InChI=1S/C24H29NO7/c1-13-8-9-18-14(2)21(28-12-25-19(26)15-6-4-5-7-16(15)20(25)27)29-22-24(18)17(13)10-11-23(3,30-22)31-32-24/h4-7,13-14,17-18,21-22H,8-12H2,1-3H3/t13-,14-,17+,18+,21+,22-,23-,24-/m1/s1. The molecule has 8 nitrogen and oxygen atoms in total. The van der Waals surface area contributed by atoms with E-state index in [2.05, 4.69) is 13.8 Å². The van der Waals surface area contributed by atoms with E-state index in [1.807, 2.05) is 6.92 Å². The summed E-state index contributed by atoms with van der Waals surface area (Å²) in [6.07, 6.45) is 2.51. The predicted molar refractivity (Wildman–Crippen MR) is 110 cm³/mol. The summed E-state index contributed by atoms with van der Waals surface area (Å²) in [5, 5.41) is 0. The normalized spacial score (nSPS) is 44.9. The van der Waals surface area contributed by atoms with Crippen LogP contribution >= 0.6 is 0 Å². The maximum absolute atomic E-state index is 12.7. The van der Waals surface area contributed by atoms with Crippen LogP contribution in [0.2, 0.25) is 0 Å². The van der Waals surface area contributed by atoms with Gasteiger partial charge in [-0.3, -0.25) is 9.59 Å². The Bertz CT molecular complexity index is 932.